The van der Waals surface area contributed by atoms with Crippen LogP contribution in [-0.4, -0.2) is 40.2 Å². The lowest BCUT2D eigenvalue weighted by Crippen LogP contribution is -2.51. The topological polar surface area (TPSA) is 128 Å². The average molecular weight is 357 g/mol. The molecule has 0 aliphatic carbocycles. The summed E-state index contributed by atoms with van der Waals surface area (Å²) in [6.07, 6.45) is -1.20. The lowest BCUT2D eigenvalue weighted by atomic mass is 10.1. The molecule has 136 valence electrons. The van der Waals surface area contributed by atoms with E-state index in [1.165, 1.54) is 24.5 Å². The molecule has 2 atom stereocenters. The Hall–Kier alpha value is -3.23. The normalized spacial score (nSPS) is 12.6. The van der Waals surface area contributed by atoms with Crippen molar-refractivity contribution in [1.29, 1.82) is 0 Å². The molecule has 0 unspecified atom stereocenters. The molecule has 0 bridgehead atoms. The molecule has 2 aromatic carbocycles. The Morgan fingerprint density at radius 3 is 2.00 bits per heavy atom. The van der Waals surface area contributed by atoms with Crippen molar-refractivity contribution in [2.24, 2.45) is 0 Å². The summed E-state index contributed by atoms with van der Waals surface area (Å²) >= 11 is 0. The third-order valence-electron chi connectivity index (χ3n) is 3.60. The zero-order valence-electron chi connectivity index (χ0n) is 14.0. The van der Waals surface area contributed by atoms with Crippen LogP contribution in [0, 0.1) is 0 Å². The fourth-order valence-electron chi connectivity index (χ4n) is 2.20. The first kappa shape index (κ1) is 19.1. The SMILES string of the molecule is C[C@@H](O)[C@H](NC(=O)c1ccc(NC(=O)c2ccccc2)cc1)C(=O)NO. The largest absolute Gasteiger partial charge is 0.391 e. The van der Waals surface area contributed by atoms with Gasteiger partial charge in [-0.05, 0) is 43.3 Å². The molecule has 0 aromatic heterocycles. The molecular formula is C18H19N3O5. The van der Waals surface area contributed by atoms with Crippen molar-refractivity contribution in [1.82, 2.24) is 10.8 Å². The summed E-state index contributed by atoms with van der Waals surface area (Å²) in [6, 6.07) is 13.4. The van der Waals surface area contributed by atoms with E-state index in [0.29, 0.717) is 11.3 Å². The van der Waals surface area contributed by atoms with Crippen molar-refractivity contribution in [3.05, 3.63) is 65.7 Å². The van der Waals surface area contributed by atoms with Crippen LogP contribution < -0.4 is 16.1 Å². The van der Waals surface area contributed by atoms with Crippen molar-refractivity contribution in [2.45, 2.75) is 19.1 Å². The molecule has 8 nitrogen and oxygen atoms in total. The lowest BCUT2D eigenvalue weighted by Gasteiger charge is -2.19. The predicted octanol–water partition coefficient (Wildman–Crippen LogP) is 0.923. The fourth-order valence-corrected chi connectivity index (χ4v) is 2.20. The highest BCUT2D eigenvalue weighted by Gasteiger charge is 2.25. The number of rotatable bonds is 6. The number of anilines is 1. The highest BCUT2D eigenvalue weighted by molar-refractivity contribution is 6.04. The van der Waals surface area contributed by atoms with Gasteiger partial charge in [0.2, 0.25) is 0 Å². The Bertz CT molecular complexity index is 775. The Morgan fingerprint density at radius 2 is 1.46 bits per heavy atom. The number of hydrogen-bond acceptors (Lipinski definition) is 5. The molecule has 0 saturated carbocycles. The Morgan fingerprint density at radius 1 is 0.885 bits per heavy atom. The molecule has 0 saturated heterocycles. The Kier molecular flexibility index (Phi) is 6.42. The summed E-state index contributed by atoms with van der Waals surface area (Å²) in [4.78, 5) is 35.7. The van der Waals surface area contributed by atoms with Gasteiger partial charge in [0.05, 0.1) is 6.10 Å². The first-order valence-electron chi connectivity index (χ1n) is 7.81. The maximum atomic E-state index is 12.2. The molecule has 8 heteroatoms. The van der Waals surface area contributed by atoms with E-state index in [-0.39, 0.29) is 11.5 Å². The Balaban J connectivity index is 2.03. The van der Waals surface area contributed by atoms with Crippen LogP contribution in [0.15, 0.2) is 54.6 Å². The number of carbonyl (C=O) groups excluding carboxylic acids is 3. The molecule has 0 spiro atoms. The molecule has 0 radical (unpaired) electrons. The molecule has 0 fully saturated rings. The Labute approximate surface area is 149 Å². The minimum Gasteiger partial charge on any atom is -0.391 e. The number of carbonyl (C=O) groups is 3. The minimum absolute atomic E-state index is 0.221. The van der Waals surface area contributed by atoms with Gasteiger partial charge >= 0.3 is 0 Å². The molecule has 2 aromatic rings. The van der Waals surface area contributed by atoms with Gasteiger partial charge in [-0.3, -0.25) is 19.6 Å². The third-order valence-corrected chi connectivity index (χ3v) is 3.60. The molecule has 26 heavy (non-hydrogen) atoms. The van der Waals surface area contributed by atoms with Gasteiger partial charge in [-0.25, -0.2) is 5.48 Å². The number of aliphatic hydroxyl groups is 1. The van der Waals surface area contributed by atoms with Crippen molar-refractivity contribution in [3.8, 4) is 0 Å². The van der Waals surface area contributed by atoms with Crippen molar-refractivity contribution in [3.63, 3.8) is 0 Å². The highest BCUT2D eigenvalue weighted by Crippen LogP contribution is 2.12. The molecule has 2 rings (SSSR count). The maximum Gasteiger partial charge on any atom is 0.268 e. The highest BCUT2D eigenvalue weighted by atomic mass is 16.5. The van der Waals surface area contributed by atoms with Gasteiger partial charge in [-0.1, -0.05) is 18.2 Å². The van der Waals surface area contributed by atoms with Gasteiger partial charge in [0.15, 0.2) is 0 Å². The van der Waals surface area contributed by atoms with E-state index in [1.54, 1.807) is 36.4 Å². The number of hydrogen-bond donors (Lipinski definition) is 5. The van der Waals surface area contributed by atoms with Crippen LogP contribution in [0.25, 0.3) is 0 Å². The number of aliphatic hydroxyl groups excluding tert-OH is 1. The first-order valence-corrected chi connectivity index (χ1v) is 7.81. The smallest absolute Gasteiger partial charge is 0.268 e. The van der Waals surface area contributed by atoms with Gasteiger partial charge in [-0.15, -0.1) is 0 Å². The second-order valence-corrected chi connectivity index (χ2v) is 5.57. The zero-order valence-corrected chi connectivity index (χ0v) is 14.0. The van der Waals surface area contributed by atoms with Crippen LogP contribution >= 0.6 is 0 Å². The second kappa shape index (κ2) is 8.75. The molecule has 0 aliphatic heterocycles. The van der Waals surface area contributed by atoms with Gasteiger partial charge in [0.25, 0.3) is 17.7 Å². The standard InChI is InChI=1S/C18H19N3O5/c1-11(22)15(18(25)21-26)20-17(24)13-7-9-14(10-8-13)19-16(23)12-5-3-2-4-6-12/h2-11,15,22,26H,1H3,(H,19,23)(H,20,24)(H,21,25)/t11-,15+/m1/s1. The summed E-state index contributed by atoms with van der Waals surface area (Å²) in [5.74, 6) is -1.82. The van der Waals surface area contributed by atoms with E-state index in [0.717, 1.165) is 0 Å². The maximum absolute atomic E-state index is 12.2. The number of hydroxylamine groups is 1. The molecule has 3 amide bonds. The number of nitrogens with one attached hydrogen (secondary N) is 3. The van der Waals surface area contributed by atoms with Gasteiger partial charge in [0.1, 0.15) is 6.04 Å². The van der Waals surface area contributed by atoms with Crippen LogP contribution in [0.1, 0.15) is 27.6 Å². The fraction of sp³-hybridized carbons (Fsp3) is 0.167. The van der Waals surface area contributed by atoms with E-state index in [9.17, 15) is 19.5 Å². The minimum atomic E-state index is -1.30. The average Bonchev–Trinajstić information content (AvgIpc) is 2.66. The van der Waals surface area contributed by atoms with E-state index < -0.39 is 24.0 Å². The molecular weight excluding hydrogens is 338 g/mol. The van der Waals surface area contributed by atoms with E-state index in [2.05, 4.69) is 10.6 Å². The monoisotopic (exact) mass is 357 g/mol. The second-order valence-electron chi connectivity index (χ2n) is 5.57. The summed E-state index contributed by atoms with van der Waals surface area (Å²) < 4.78 is 0. The third kappa shape index (κ3) is 4.88. The summed E-state index contributed by atoms with van der Waals surface area (Å²) in [7, 11) is 0. The number of benzene rings is 2. The summed E-state index contributed by atoms with van der Waals surface area (Å²) in [6.45, 7) is 1.31. The van der Waals surface area contributed by atoms with Crippen LogP contribution in [0.4, 0.5) is 5.69 Å². The van der Waals surface area contributed by atoms with Crippen LogP contribution in [-0.2, 0) is 4.79 Å². The summed E-state index contributed by atoms with van der Waals surface area (Å²) in [5.41, 5.74) is 2.61. The lowest BCUT2D eigenvalue weighted by molar-refractivity contribution is -0.133. The first-order chi connectivity index (χ1) is 12.4. The van der Waals surface area contributed by atoms with Crippen molar-refractivity contribution in [2.75, 3.05) is 5.32 Å². The van der Waals surface area contributed by atoms with E-state index in [1.807, 2.05) is 6.07 Å². The zero-order chi connectivity index (χ0) is 19.1. The summed E-state index contributed by atoms with van der Waals surface area (Å²) in [5, 5.41) is 23.2. The van der Waals surface area contributed by atoms with Crippen molar-refractivity contribution < 1.29 is 24.7 Å². The van der Waals surface area contributed by atoms with Gasteiger partial charge in [-0.2, -0.15) is 0 Å². The van der Waals surface area contributed by atoms with Crippen molar-refractivity contribution >= 4 is 23.4 Å². The van der Waals surface area contributed by atoms with E-state index in [4.69, 9.17) is 5.21 Å². The van der Waals surface area contributed by atoms with Gasteiger partial charge < -0.3 is 15.7 Å². The van der Waals surface area contributed by atoms with E-state index >= 15 is 0 Å². The van der Waals surface area contributed by atoms with Crippen LogP contribution in [0.2, 0.25) is 0 Å². The van der Waals surface area contributed by atoms with Crippen LogP contribution in [0.3, 0.4) is 0 Å². The quantitative estimate of drug-likeness (QED) is 0.388. The molecule has 0 aliphatic rings. The number of amides is 3. The molecule has 0 heterocycles. The molecule has 5 N–H and O–H groups in total. The van der Waals surface area contributed by atoms with Gasteiger partial charge in [0, 0.05) is 16.8 Å². The van der Waals surface area contributed by atoms with Crippen LogP contribution in [0.5, 0.6) is 0 Å². The predicted molar refractivity (Wildman–Crippen MR) is 93.7 cm³/mol.